The number of carboxylic acids is 1. The van der Waals surface area contributed by atoms with Crippen LogP contribution in [-0.4, -0.2) is 16.1 Å². The summed E-state index contributed by atoms with van der Waals surface area (Å²) in [6.45, 7) is 10.7. The van der Waals surface area contributed by atoms with Gasteiger partial charge in [-0.1, -0.05) is 43.3 Å². The second kappa shape index (κ2) is 9.78. The summed E-state index contributed by atoms with van der Waals surface area (Å²) in [5, 5.41) is 9.31. The molecule has 2 aromatic carbocycles. The Bertz CT molecular complexity index is 1070. The lowest BCUT2D eigenvalue weighted by Gasteiger charge is -2.16. The SMILES string of the molecule is CC[C@@H](Cc1cnc(OCc2cccc(-c3c(C)cccc3C)c2C)cc1C)C(=O)O. The third-order valence-corrected chi connectivity index (χ3v) is 6.07. The van der Waals surface area contributed by atoms with Crippen molar-refractivity contribution in [3.63, 3.8) is 0 Å². The molecule has 0 unspecified atom stereocenters. The molecule has 31 heavy (non-hydrogen) atoms. The van der Waals surface area contributed by atoms with Crippen molar-refractivity contribution in [1.82, 2.24) is 4.98 Å². The fourth-order valence-corrected chi connectivity index (χ4v) is 4.02. The first-order chi connectivity index (χ1) is 14.8. The highest BCUT2D eigenvalue weighted by molar-refractivity contribution is 5.74. The molecule has 1 N–H and O–H groups in total. The van der Waals surface area contributed by atoms with Crippen molar-refractivity contribution in [3.8, 4) is 17.0 Å². The van der Waals surface area contributed by atoms with E-state index in [4.69, 9.17) is 4.74 Å². The number of aromatic nitrogens is 1. The normalized spacial score (nSPS) is 11.9. The first-order valence-electron chi connectivity index (χ1n) is 10.8. The summed E-state index contributed by atoms with van der Waals surface area (Å²) in [4.78, 5) is 15.8. The van der Waals surface area contributed by atoms with Gasteiger partial charge in [0.05, 0.1) is 5.92 Å². The summed E-state index contributed by atoms with van der Waals surface area (Å²) in [5.74, 6) is -0.592. The van der Waals surface area contributed by atoms with E-state index in [0.717, 1.165) is 16.7 Å². The number of carboxylic acid groups (broad SMARTS) is 1. The number of ether oxygens (including phenoxy) is 1. The standard InChI is InChI=1S/C27H31NO3/c1-6-21(27(29)30)14-23-15-28-25(13-19(23)4)31-16-22-11-8-12-24(20(22)5)26-17(2)9-7-10-18(26)3/h7-13,15,21H,6,14,16H2,1-5H3,(H,29,30)/t21-/m0/s1. The third kappa shape index (κ3) is 5.13. The molecule has 0 spiro atoms. The average Bonchev–Trinajstić information content (AvgIpc) is 2.73. The Hall–Kier alpha value is -3.14. The molecule has 0 aliphatic rings. The minimum atomic E-state index is -0.763. The second-order valence-corrected chi connectivity index (χ2v) is 8.24. The van der Waals surface area contributed by atoms with Crippen LogP contribution in [0.15, 0.2) is 48.7 Å². The first-order valence-corrected chi connectivity index (χ1v) is 10.8. The van der Waals surface area contributed by atoms with Crippen LogP contribution in [0.4, 0.5) is 0 Å². The van der Waals surface area contributed by atoms with E-state index in [1.54, 1.807) is 6.20 Å². The number of pyridine rings is 1. The molecular weight excluding hydrogens is 386 g/mol. The van der Waals surface area contributed by atoms with Crippen LogP contribution in [-0.2, 0) is 17.8 Å². The van der Waals surface area contributed by atoms with E-state index in [1.165, 1.54) is 27.8 Å². The van der Waals surface area contributed by atoms with Crippen LogP contribution in [0, 0.1) is 33.6 Å². The zero-order chi connectivity index (χ0) is 22.5. The van der Waals surface area contributed by atoms with Gasteiger partial charge in [-0.3, -0.25) is 4.79 Å². The number of hydrogen-bond acceptors (Lipinski definition) is 3. The smallest absolute Gasteiger partial charge is 0.306 e. The molecule has 0 radical (unpaired) electrons. The van der Waals surface area contributed by atoms with Crippen LogP contribution in [0.3, 0.4) is 0 Å². The topological polar surface area (TPSA) is 59.4 Å². The van der Waals surface area contributed by atoms with Gasteiger partial charge in [-0.25, -0.2) is 4.98 Å². The first kappa shape index (κ1) is 22.5. The Morgan fingerprint density at radius 1 is 1.00 bits per heavy atom. The van der Waals surface area contributed by atoms with Crippen molar-refractivity contribution in [2.24, 2.45) is 5.92 Å². The summed E-state index contributed by atoms with van der Waals surface area (Å²) >= 11 is 0. The van der Waals surface area contributed by atoms with Gasteiger partial charge in [0.25, 0.3) is 0 Å². The molecule has 0 aliphatic carbocycles. The third-order valence-electron chi connectivity index (χ3n) is 6.07. The Morgan fingerprint density at radius 3 is 2.29 bits per heavy atom. The van der Waals surface area contributed by atoms with E-state index in [0.29, 0.717) is 25.3 Å². The quantitative estimate of drug-likeness (QED) is 0.473. The van der Waals surface area contributed by atoms with Crippen LogP contribution >= 0.6 is 0 Å². The fourth-order valence-electron chi connectivity index (χ4n) is 4.02. The van der Waals surface area contributed by atoms with Gasteiger partial charge in [0.15, 0.2) is 0 Å². The van der Waals surface area contributed by atoms with Gasteiger partial charge >= 0.3 is 5.97 Å². The second-order valence-electron chi connectivity index (χ2n) is 8.24. The molecule has 162 valence electrons. The van der Waals surface area contributed by atoms with Gasteiger partial charge < -0.3 is 9.84 Å². The number of benzene rings is 2. The molecule has 0 saturated heterocycles. The number of aliphatic carboxylic acids is 1. The van der Waals surface area contributed by atoms with E-state index in [1.807, 2.05) is 19.9 Å². The van der Waals surface area contributed by atoms with Crippen molar-refractivity contribution in [2.75, 3.05) is 0 Å². The van der Waals surface area contributed by atoms with E-state index in [2.05, 4.69) is 62.2 Å². The van der Waals surface area contributed by atoms with Crippen molar-refractivity contribution in [3.05, 3.63) is 82.0 Å². The molecular formula is C27H31NO3. The maximum absolute atomic E-state index is 11.3. The summed E-state index contributed by atoms with van der Waals surface area (Å²) in [6.07, 6.45) is 2.83. The molecule has 1 heterocycles. The lowest BCUT2D eigenvalue weighted by atomic mass is 9.91. The molecule has 3 aromatic rings. The molecule has 0 saturated carbocycles. The van der Waals surface area contributed by atoms with Gasteiger partial charge in [-0.2, -0.15) is 0 Å². The Balaban J connectivity index is 1.78. The molecule has 1 aromatic heterocycles. The Labute approximate surface area is 184 Å². The molecule has 3 rings (SSSR count). The van der Waals surface area contributed by atoms with E-state index < -0.39 is 5.97 Å². The van der Waals surface area contributed by atoms with Gasteiger partial charge in [-0.05, 0) is 85.0 Å². The highest BCUT2D eigenvalue weighted by Gasteiger charge is 2.17. The van der Waals surface area contributed by atoms with Gasteiger partial charge in [-0.15, -0.1) is 0 Å². The predicted octanol–water partition coefficient (Wildman–Crippen LogP) is 6.21. The monoisotopic (exact) mass is 417 g/mol. The van der Waals surface area contributed by atoms with E-state index in [-0.39, 0.29) is 5.92 Å². The van der Waals surface area contributed by atoms with Gasteiger partial charge in [0, 0.05) is 12.3 Å². The van der Waals surface area contributed by atoms with Crippen molar-refractivity contribution >= 4 is 5.97 Å². The van der Waals surface area contributed by atoms with Crippen molar-refractivity contribution < 1.29 is 14.6 Å². The molecule has 4 nitrogen and oxygen atoms in total. The summed E-state index contributed by atoms with van der Waals surface area (Å²) in [7, 11) is 0. The summed E-state index contributed by atoms with van der Waals surface area (Å²) < 4.78 is 6.01. The maximum atomic E-state index is 11.3. The maximum Gasteiger partial charge on any atom is 0.306 e. The molecule has 0 amide bonds. The highest BCUT2D eigenvalue weighted by atomic mass is 16.5. The molecule has 0 fully saturated rings. The van der Waals surface area contributed by atoms with Gasteiger partial charge in [0.2, 0.25) is 5.88 Å². The lowest BCUT2D eigenvalue weighted by molar-refractivity contribution is -0.141. The largest absolute Gasteiger partial charge is 0.481 e. The predicted molar refractivity (Wildman–Crippen MR) is 125 cm³/mol. The van der Waals surface area contributed by atoms with E-state index >= 15 is 0 Å². The molecule has 0 bridgehead atoms. The summed E-state index contributed by atoms with van der Waals surface area (Å²) in [6, 6.07) is 14.6. The summed E-state index contributed by atoms with van der Waals surface area (Å²) in [5.41, 5.74) is 9.34. The molecule has 1 atom stereocenters. The van der Waals surface area contributed by atoms with Crippen LogP contribution in [0.25, 0.3) is 11.1 Å². The van der Waals surface area contributed by atoms with E-state index in [9.17, 15) is 9.90 Å². The van der Waals surface area contributed by atoms with Gasteiger partial charge in [0.1, 0.15) is 6.61 Å². The van der Waals surface area contributed by atoms with Crippen molar-refractivity contribution in [1.29, 1.82) is 0 Å². The highest BCUT2D eigenvalue weighted by Crippen LogP contribution is 2.31. The van der Waals surface area contributed by atoms with Crippen molar-refractivity contribution in [2.45, 2.75) is 54.1 Å². The Kier molecular flexibility index (Phi) is 7.11. The minimum Gasteiger partial charge on any atom is -0.481 e. The minimum absolute atomic E-state index is 0.387. The number of aryl methyl sites for hydroxylation is 3. The Morgan fingerprint density at radius 2 is 1.68 bits per heavy atom. The van der Waals surface area contributed by atoms with Crippen LogP contribution in [0.2, 0.25) is 0 Å². The molecule has 4 heteroatoms. The number of nitrogens with zero attached hydrogens (tertiary/aromatic N) is 1. The number of rotatable bonds is 8. The van der Waals surface area contributed by atoms with Crippen LogP contribution < -0.4 is 4.74 Å². The zero-order valence-corrected chi connectivity index (χ0v) is 19.0. The fraction of sp³-hybridized carbons (Fsp3) is 0.333. The van der Waals surface area contributed by atoms with Crippen LogP contribution in [0.5, 0.6) is 5.88 Å². The zero-order valence-electron chi connectivity index (χ0n) is 19.0. The average molecular weight is 418 g/mol. The number of hydrogen-bond donors (Lipinski definition) is 1. The van der Waals surface area contributed by atoms with Crippen LogP contribution in [0.1, 0.15) is 46.7 Å². The number of carbonyl (C=O) groups is 1. The molecule has 0 aliphatic heterocycles. The lowest BCUT2D eigenvalue weighted by Crippen LogP contribution is -2.16.